The summed E-state index contributed by atoms with van der Waals surface area (Å²) in [5.74, 6) is 0.966. The van der Waals surface area contributed by atoms with Crippen molar-refractivity contribution >= 4 is 21.7 Å². The van der Waals surface area contributed by atoms with Gasteiger partial charge in [0.15, 0.2) is 4.83 Å². The second-order valence-electron chi connectivity index (χ2n) is 3.77. The molecule has 0 aliphatic rings. The highest BCUT2D eigenvalue weighted by molar-refractivity contribution is 7.12. The lowest BCUT2D eigenvalue weighted by Crippen LogP contribution is -2.12. The number of hydrogen-bond acceptors (Lipinski definition) is 4. The Bertz CT molecular complexity index is 541. The predicted molar refractivity (Wildman–Crippen MR) is 61.5 cm³/mol. The number of hydrogen-bond donors (Lipinski definition) is 1. The van der Waals surface area contributed by atoms with Crippen LogP contribution in [0.5, 0.6) is 0 Å². The van der Waals surface area contributed by atoms with Crippen LogP contribution >= 0.6 is 11.5 Å². The monoisotopic (exact) mass is 223 g/mol. The first-order valence-corrected chi connectivity index (χ1v) is 5.79. The van der Waals surface area contributed by atoms with Crippen LogP contribution in [0.25, 0.3) is 10.2 Å². The van der Waals surface area contributed by atoms with Crippen LogP contribution in [0, 0.1) is 0 Å². The van der Waals surface area contributed by atoms with Gasteiger partial charge in [0.2, 0.25) is 0 Å². The van der Waals surface area contributed by atoms with E-state index in [9.17, 15) is 4.79 Å². The molecule has 0 radical (unpaired) electrons. The van der Waals surface area contributed by atoms with E-state index >= 15 is 0 Å². The molecule has 0 amide bonds. The van der Waals surface area contributed by atoms with Gasteiger partial charge in [0, 0.05) is 5.92 Å². The Morgan fingerprint density at radius 3 is 2.80 bits per heavy atom. The smallest absolute Gasteiger partial charge is 0.261 e. The van der Waals surface area contributed by atoms with Crippen molar-refractivity contribution in [3.8, 4) is 0 Å². The van der Waals surface area contributed by atoms with Crippen molar-refractivity contribution in [1.29, 1.82) is 0 Å². The van der Waals surface area contributed by atoms with Crippen LogP contribution in [0.1, 0.15) is 38.2 Å². The molecular formula is C10H13N3OS. The topological polar surface area (TPSA) is 58.6 Å². The molecule has 0 unspecified atom stereocenters. The highest BCUT2D eigenvalue weighted by Crippen LogP contribution is 2.19. The lowest BCUT2D eigenvalue weighted by Gasteiger charge is -2.02. The molecule has 5 heteroatoms. The molecule has 0 aromatic carbocycles. The van der Waals surface area contributed by atoms with Crippen molar-refractivity contribution in [2.45, 2.75) is 33.1 Å². The fourth-order valence-corrected chi connectivity index (χ4v) is 2.31. The summed E-state index contributed by atoms with van der Waals surface area (Å²) in [5.41, 5.74) is 0.786. The number of nitrogens with zero attached hydrogens (tertiary/aromatic N) is 2. The second-order valence-corrected chi connectivity index (χ2v) is 4.52. The summed E-state index contributed by atoms with van der Waals surface area (Å²) in [7, 11) is 0. The van der Waals surface area contributed by atoms with E-state index in [4.69, 9.17) is 0 Å². The fraction of sp³-hybridized carbons (Fsp3) is 0.500. The Kier molecular flexibility index (Phi) is 2.56. The van der Waals surface area contributed by atoms with Crippen molar-refractivity contribution in [3.63, 3.8) is 0 Å². The van der Waals surface area contributed by atoms with E-state index < -0.39 is 0 Å². The summed E-state index contributed by atoms with van der Waals surface area (Å²) in [6.45, 7) is 6.00. The summed E-state index contributed by atoms with van der Waals surface area (Å²) >= 11 is 1.30. The summed E-state index contributed by atoms with van der Waals surface area (Å²) in [6, 6.07) is 0. The molecule has 0 fully saturated rings. The number of nitrogens with one attached hydrogen (secondary N) is 1. The van der Waals surface area contributed by atoms with Crippen molar-refractivity contribution in [2.24, 2.45) is 0 Å². The zero-order valence-electron chi connectivity index (χ0n) is 9.00. The molecule has 0 spiro atoms. The summed E-state index contributed by atoms with van der Waals surface area (Å²) in [6.07, 6.45) is 0.770. The zero-order valence-corrected chi connectivity index (χ0v) is 9.81. The molecule has 2 rings (SSSR count). The molecule has 15 heavy (non-hydrogen) atoms. The molecule has 4 nitrogen and oxygen atoms in total. The van der Waals surface area contributed by atoms with Gasteiger partial charge in [-0.05, 0) is 18.0 Å². The minimum Gasteiger partial charge on any atom is -0.310 e. The zero-order chi connectivity index (χ0) is 11.0. The molecule has 1 N–H and O–H groups in total. The normalized spacial score (nSPS) is 11.5. The SMILES string of the molecule is CCc1nsc2nc(C(C)C)[nH]c(=O)c12. The number of fused-ring (bicyclic) bond motifs is 1. The molecule has 0 saturated heterocycles. The Morgan fingerprint density at radius 2 is 2.20 bits per heavy atom. The van der Waals surface area contributed by atoms with Crippen LogP contribution in [0.3, 0.4) is 0 Å². The molecule has 0 bridgehead atoms. The predicted octanol–water partition coefficient (Wildman–Crippen LogP) is 2.07. The van der Waals surface area contributed by atoms with Crippen molar-refractivity contribution < 1.29 is 0 Å². The maximum absolute atomic E-state index is 11.8. The van der Waals surface area contributed by atoms with Gasteiger partial charge < -0.3 is 4.98 Å². The Balaban J connectivity index is 2.75. The quantitative estimate of drug-likeness (QED) is 0.847. The molecular weight excluding hydrogens is 210 g/mol. The number of aromatic nitrogens is 3. The Labute approximate surface area is 91.5 Å². The Morgan fingerprint density at radius 1 is 1.47 bits per heavy atom. The minimum absolute atomic E-state index is 0.0608. The first kappa shape index (κ1) is 10.3. The van der Waals surface area contributed by atoms with Crippen LogP contribution in [-0.4, -0.2) is 14.3 Å². The first-order chi connectivity index (χ1) is 7.13. The van der Waals surface area contributed by atoms with Crippen LogP contribution in [0.2, 0.25) is 0 Å². The van der Waals surface area contributed by atoms with Gasteiger partial charge >= 0.3 is 0 Å². The summed E-state index contributed by atoms with van der Waals surface area (Å²) in [5, 5.41) is 0.659. The van der Waals surface area contributed by atoms with E-state index in [0.717, 1.165) is 22.8 Å². The summed E-state index contributed by atoms with van der Waals surface area (Å²) in [4.78, 5) is 19.8. The number of aryl methyl sites for hydroxylation is 1. The minimum atomic E-state index is -0.0608. The number of aromatic amines is 1. The van der Waals surface area contributed by atoms with Gasteiger partial charge in [-0.1, -0.05) is 20.8 Å². The molecule has 0 aliphatic heterocycles. The van der Waals surface area contributed by atoms with Gasteiger partial charge in [0.1, 0.15) is 5.82 Å². The van der Waals surface area contributed by atoms with Crippen LogP contribution < -0.4 is 5.56 Å². The third kappa shape index (κ3) is 1.67. The average Bonchev–Trinajstić information content (AvgIpc) is 2.60. The van der Waals surface area contributed by atoms with Crippen molar-refractivity contribution in [1.82, 2.24) is 14.3 Å². The van der Waals surface area contributed by atoms with E-state index in [1.54, 1.807) is 0 Å². The van der Waals surface area contributed by atoms with Gasteiger partial charge in [-0.15, -0.1) is 0 Å². The molecule has 2 heterocycles. The van der Waals surface area contributed by atoms with Crippen LogP contribution in [0.4, 0.5) is 0 Å². The fourth-order valence-electron chi connectivity index (χ4n) is 1.45. The average molecular weight is 223 g/mol. The van der Waals surface area contributed by atoms with E-state index in [0.29, 0.717) is 5.39 Å². The third-order valence-corrected chi connectivity index (χ3v) is 3.10. The van der Waals surface area contributed by atoms with Crippen LogP contribution in [-0.2, 0) is 6.42 Å². The maximum atomic E-state index is 11.8. The summed E-state index contributed by atoms with van der Waals surface area (Å²) < 4.78 is 4.23. The van der Waals surface area contributed by atoms with E-state index in [-0.39, 0.29) is 11.5 Å². The molecule has 0 atom stereocenters. The Hall–Kier alpha value is -1.23. The van der Waals surface area contributed by atoms with Gasteiger partial charge in [0.05, 0.1) is 11.1 Å². The molecule has 0 aliphatic carbocycles. The van der Waals surface area contributed by atoms with Gasteiger partial charge in [-0.25, -0.2) is 4.98 Å². The molecule has 80 valence electrons. The van der Waals surface area contributed by atoms with E-state index in [2.05, 4.69) is 14.3 Å². The third-order valence-electron chi connectivity index (χ3n) is 2.32. The van der Waals surface area contributed by atoms with Gasteiger partial charge in [-0.2, -0.15) is 4.37 Å². The van der Waals surface area contributed by atoms with E-state index in [1.165, 1.54) is 11.5 Å². The standard InChI is InChI=1S/C10H13N3OS/c1-4-6-7-9(14)11-8(5(2)3)12-10(7)15-13-6/h5H,4H2,1-3H3,(H,11,12,14). The second kappa shape index (κ2) is 3.73. The lowest BCUT2D eigenvalue weighted by molar-refractivity contribution is 0.777. The van der Waals surface area contributed by atoms with Gasteiger partial charge in [-0.3, -0.25) is 4.79 Å². The van der Waals surface area contributed by atoms with Crippen molar-refractivity contribution in [3.05, 3.63) is 21.9 Å². The molecule has 2 aromatic rings. The molecule has 2 aromatic heterocycles. The molecule has 0 saturated carbocycles. The lowest BCUT2D eigenvalue weighted by atomic mass is 10.2. The van der Waals surface area contributed by atoms with Crippen LogP contribution in [0.15, 0.2) is 4.79 Å². The highest BCUT2D eigenvalue weighted by atomic mass is 32.1. The largest absolute Gasteiger partial charge is 0.310 e. The number of rotatable bonds is 2. The van der Waals surface area contributed by atoms with Crippen molar-refractivity contribution in [2.75, 3.05) is 0 Å². The number of H-pyrrole nitrogens is 1. The van der Waals surface area contributed by atoms with E-state index in [1.807, 2.05) is 20.8 Å². The maximum Gasteiger partial charge on any atom is 0.261 e. The first-order valence-electron chi connectivity index (χ1n) is 5.02. The van der Waals surface area contributed by atoms with Gasteiger partial charge in [0.25, 0.3) is 5.56 Å². The highest BCUT2D eigenvalue weighted by Gasteiger charge is 2.12.